The van der Waals surface area contributed by atoms with Gasteiger partial charge < -0.3 is 43.1 Å². The quantitative estimate of drug-likeness (QED) is 0.525. The van der Waals surface area contributed by atoms with Crippen LogP contribution in [0.25, 0.3) is 43.1 Å². The van der Waals surface area contributed by atoms with Crippen LogP contribution in [-0.4, -0.2) is 0 Å². The van der Waals surface area contributed by atoms with E-state index in [1.54, 1.807) is 0 Å². The van der Waals surface area contributed by atoms with Crippen molar-refractivity contribution >= 4 is 0 Å². The molecular weight excluding hydrogens is 409 g/mol. The minimum absolute atomic E-state index is 0. The third-order valence-electron chi connectivity index (χ3n) is 0. The average Bonchev–Trinajstić information content (AvgIpc) is 0. The Labute approximate surface area is 157 Å². The van der Waals surface area contributed by atoms with Gasteiger partial charge in [0.1, 0.15) is 0 Å². The molecule has 7 nitrogen and oxygen atoms in total. The van der Waals surface area contributed by atoms with Crippen LogP contribution in [0.4, 0.5) is 0 Å². The fourth-order valence-corrected chi connectivity index (χ4v) is 0. The van der Waals surface area contributed by atoms with E-state index < -0.39 is 0 Å². The number of nitrogens with zero attached hydrogens (tertiary/aromatic N) is 7. The zero-order valence-electron chi connectivity index (χ0n) is 5.69. The van der Waals surface area contributed by atoms with Crippen LogP contribution >= 0.6 is 0 Å². The number of hydrogen-bond donors (Lipinski definition) is 0. The van der Waals surface area contributed by atoms with Crippen molar-refractivity contribution in [3.8, 4) is 0 Å². The number of hydrogen-bond acceptors (Lipinski definition) is 0. The van der Waals surface area contributed by atoms with E-state index in [1.807, 2.05) is 0 Å². The molecule has 0 heterocycles. The maximum absolute atomic E-state index is 0. The summed E-state index contributed by atoms with van der Waals surface area (Å²) in [6, 6.07) is 0. The van der Waals surface area contributed by atoms with Crippen LogP contribution in [0.3, 0.4) is 0 Å². The van der Waals surface area contributed by atoms with E-state index in [1.165, 1.54) is 0 Å². The second kappa shape index (κ2) is 274. The van der Waals surface area contributed by atoms with Gasteiger partial charge in [-0.3, -0.25) is 0 Å². The summed E-state index contributed by atoms with van der Waals surface area (Å²) in [6.45, 7) is 0. The topological polar surface area (TPSA) is 214 Å². The molecule has 0 aliphatic heterocycles. The van der Waals surface area contributed by atoms with Gasteiger partial charge >= 0.3 is 116 Å². The summed E-state index contributed by atoms with van der Waals surface area (Å²) in [7, 11) is 0. The summed E-state index contributed by atoms with van der Waals surface area (Å²) in [5, 5.41) is 0. The summed E-state index contributed by atoms with van der Waals surface area (Å²) >= 11 is 0. The first-order valence-electron chi connectivity index (χ1n) is 0. The Morgan fingerprint density at radius 2 is 0.231 bits per heavy atom. The molecule has 0 unspecified atom stereocenters. The molecule has 0 aliphatic rings. The first-order chi connectivity index (χ1) is 0. The van der Waals surface area contributed by atoms with Gasteiger partial charge in [-0.1, -0.05) is 0 Å². The first kappa shape index (κ1) is 334. The second-order valence-corrected chi connectivity index (χ2v) is 0. The largest absolute Gasteiger partial charge is 4.00 e. The molecule has 0 rings (SSSR count). The predicted molar refractivity (Wildman–Crippen MR) is 23.5 cm³/mol. The van der Waals surface area contributed by atoms with Crippen molar-refractivity contribution in [2.75, 3.05) is 0 Å². The number of rotatable bonds is 0. The van der Waals surface area contributed by atoms with Gasteiger partial charge in [0.25, 0.3) is 0 Å². The Balaban J connectivity index is 0. The Bertz CT molecular complexity index is 18.9. The summed E-state index contributed by atoms with van der Waals surface area (Å²) in [4.78, 5) is 0. The summed E-state index contributed by atoms with van der Waals surface area (Å²) < 4.78 is 0. The standard InChI is InChI=1S/3Fe.7N.3Ti/q3*+3;7*-3;3*+4. The SMILES string of the molecule is [Fe+3].[Fe+3].[Fe+3].[N-3].[N-3].[N-3].[N-3].[N-3].[N-3].[N-3].[Ti+4].[Ti+4].[Ti+4]. The summed E-state index contributed by atoms with van der Waals surface area (Å²) in [5.41, 5.74) is 0. The van der Waals surface area contributed by atoms with Crippen molar-refractivity contribution in [1.82, 2.24) is 0 Å². The van der Waals surface area contributed by atoms with Crippen LogP contribution in [0.5, 0.6) is 0 Å². The molecule has 0 amide bonds. The molecule has 71 valence electrons. The summed E-state index contributed by atoms with van der Waals surface area (Å²) in [6.07, 6.45) is 0. The fourth-order valence-electron chi connectivity index (χ4n) is 0. The minimum atomic E-state index is 0. The Morgan fingerprint density at radius 3 is 0.231 bits per heavy atom. The fraction of sp³-hybridized carbons (Fsp3) is 0. The molecule has 0 saturated heterocycles. The average molecular weight is 409 g/mol. The molecule has 0 spiro atoms. The van der Waals surface area contributed by atoms with Gasteiger partial charge in [-0.25, -0.2) is 0 Å². The molecule has 0 bridgehead atoms. The third-order valence-corrected chi connectivity index (χ3v) is 0. The molecule has 0 N–H and O–H groups in total. The van der Waals surface area contributed by atoms with Crippen LogP contribution < -0.4 is 0 Å². The van der Waals surface area contributed by atoms with Crippen LogP contribution in [-0.2, 0) is 116 Å². The van der Waals surface area contributed by atoms with Crippen LogP contribution in [0, 0.1) is 0 Å². The smallest absolute Gasteiger partial charge is 3.00 e. The van der Waals surface area contributed by atoms with Gasteiger partial charge in [0, 0.05) is 0 Å². The van der Waals surface area contributed by atoms with Crippen LogP contribution in [0.2, 0.25) is 0 Å². The third kappa shape index (κ3) is 237. The van der Waals surface area contributed by atoms with Crippen molar-refractivity contribution in [1.29, 1.82) is 0 Å². The van der Waals surface area contributed by atoms with E-state index in [-0.39, 0.29) is 159 Å². The Kier molecular flexibility index (Phi) is 7030. The zero-order valence-corrected chi connectivity index (χ0v) is 13.7. The maximum atomic E-state index is 0. The van der Waals surface area contributed by atoms with Crippen molar-refractivity contribution < 1.29 is 116 Å². The molecular formula is Fe3N7Ti3. The van der Waals surface area contributed by atoms with Gasteiger partial charge in [0.05, 0.1) is 0 Å². The molecule has 0 aromatic rings. The van der Waals surface area contributed by atoms with Crippen molar-refractivity contribution in [3.63, 3.8) is 0 Å². The van der Waals surface area contributed by atoms with E-state index in [9.17, 15) is 0 Å². The van der Waals surface area contributed by atoms with Crippen molar-refractivity contribution in [2.45, 2.75) is 0 Å². The molecule has 3 radical (unpaired) electrons. The molecule has 0 fully saturated rings. The van der Waals surface area contributed by atoms with Gasteiger partial charge in [-0.05, 0) is 0 Å². The zero-order chi connectivity index (χ0) is 0. The van der Waals surface area contributed by atoms with Gasteiger partial charge in [-0.2, -0.15) is 0 Å². The van der Waals surface area contributed by atoms with Gasteiger partial charge in [0.15, 0.2) is 0 Å². The molecule has 0 aromatic heterocycles. The van der Waals surface area contributed by atoms with E-state index in [2.05, 4.69) is 0 Å². The normalized spacial score (nSPS) is 0. The molecule has 0 atom stereocenters. The van der Waals surface area contributed by atoms with E-state index >= 15 is 0 Å². The van der Waals surface area contributed by atoms with E-state index in [0.717, 1.165) is 0 Å². The molecule has 13 heteroatoms. The molecule has 0 saturated carbocycles. The first-order valence-corrected chi connectivity index (χ1v) is 0. The Hall–Kier alpha value is 3.42. The van der Waals surface area contributed by atoms with Gasteiger partial charge in [0.2, 0.25) is 0 Å². The van der Waals surface area contributed by atoms with E-state index in [4.69, 9.17) is 0 Å². The monoisotopic (exact) mass is 410 g/mol. The van der Waals surface area contributed by atoms with Gasteiger partial charge in [-0.15, -0.1) is 0 Å². The van der Waals surface area contributed by atoms with Crippen molar-refractivity contribution in [3.05, 3.63) is 43.1 Å². The summed E-state index contributed by atoms with van der Waals surface area (Å²) in [5.74, 6) is 0. The second-order valence-electron chi connectivity index (χ2n) is 0. The van der Waals surface area contributed by atoms with Crippen molar-refractivity contribution in [2.24, 2.45) is 0 Å². The minimum Gasteiger partial charge on any atom is -3.00 e. The van der Waals surface area contributed by atoms with Crippen LogP contribution in [0.15, 0.2) is 0 Å². The molecule has 13 heavy (non-hydrogen) atoms. The Morgan fingerprint density at radius 1 is 0.231 bits per heavy atom. The molecule has 0 aromatic carbocycles. The van der Waals surface area contributed by atoms with Crippen LogP contribution in [0.1, 0.15) is 0 Å². The maximum Gasteiger partial charge on any atom is 4.00 e. The molecule has 0 aliphatic carbocycles. The predicted octanol–water partition coefficient (Wildman–Crippen LogP) is 2.01. The van der Waals surface area contributed by atoms with E-state index in [0.29, 0.717) is 0 Å².